The van der Waals surface area contributed by atoms with E-state index in [1.165, 1.54) is 12.1 Å². The van der Waals surface area contributed by atoms with Crippen LogP contribution in [-0.4, -0.2) is 31.2 Å². The Hall–Kier alpha value is -3.02. The number of ether oxygens (including phenoxy) is 2. The molecule has 0 saturated carbocycles. The molecule has 0 spiro atoms. The minimum atomic E-state index is -0.975. The topological polar surface area (TPSA) is 84.9 Å². The highest BCUT2D eigenvalue weighted by Crippen LogP contribution is 2.24. The number of rotatable bonds is 7. The largest absolute Gasteiger partial charge is 0.497 e. The summed E-state index contributed by atoms with van der Waals surface area (Å²) in [6.45, 7) is 0.331. The van der Waals surface area contributed by atoms with E-state index < -0.39 is 5.97 Å². The third-order valence-corrected chi connectivity index (χ3v) is 3.54. The molecule has 0 aromatic heterocycles. The lowest BCUT2D eigenvalue weighted by Gasteiger charge is -2.11. The van der Waals surface area contributed by atoms with Crippen LogP contribution in [0.1, 0.15) is 21.5 Å². The summed E-state index contributed by atoms with van der Waals surface area (Å²) in [5.41, 5.74) is 1.81. The number of nitrogens with one attached hydrogen (secondary N) is 1. The molecule has 0 aliphatic heterocycles. The monoisotopic (exact) mass is 329 g/mol. The van der Waals surface area contributed by atoms with E-state index in [-0.39, 0.29) is 17.9 Å². The average molecular weight is 329 g/mol. The maximum absolute atomic E-state index is 12.1. The lowest BCUT2D eigenvalue weighted by atomic mass is 10.1. The molecular formula is C18H19NO5. The molecule has 6 heteroatoms. The number of carbonyl (C=O) groups is 2. The van der Waals surface area contributed by atoms with Crippen LogP contribution in [0.5, 0.6) is 11.5 Å². The van der Waals surface area contributed by atoms with Gasteiger partial charge in [0, 0.05) is 18.2 Å². The summed E-state index contributed by atoms with van der Waals surface area (Å²) in [6, 6.07) is 11.7. The Morgan fingerprint density at radius 1 is 1.04 bits per heavy atom. The second-order valence-electron chi connectivity index (χ2n) is 5.13. The standard InChI is InChI=1S/C18H19NO5/c1-23-15-8-7-14(16(10-15)24-2)9-17(20)19-11-12-3-5-13(6-4-12)18(21)22/h3-8,10H,9,11H2,1-2H3,(H,19,20)(H,21,22). The number of amides is 1. The van der Waals surface area contributed by atoms with E-state index in [0.717, 1.165) is 11.1 Å². The van der Waals surface area contributed by atoms with Gasteiger partial charge < -0.3 is 19.9 Å². The maximum Gasteiger partial charge on any atom is 0.335 e. The van der Waals surface area contributed by atoms with Crippen LogP contribution in [0.15, 0.2) is 42.5 Å². The highest BCUT2D eigenvalue weighted by atomic mass is 16.5. The molecule has 2 rings (SSSR count). The van der Waals surface area contributed by atoms with Crippen molar-refractivity contribution in [1.29, 1.82) is 0 Å². The average Bonchev–Trinajstić information content (AvgIpc) is 2.60. The van der Waals surface area contributed by atoms with Crippen LogP contribution in [0.4, 0.5) is 0 Å². The van der Waals surface area contributed by atoms with Gasteiger partial charge in [-0.3, -0.25) is 4.79 Å². The van der Waals surface area contributed by atoms with Gasteiger partial charge in [-0.2, -0.15) is 0 Å². The first-order chi connectivity index (χ1) is 11.5. The second kappa shape index (κ2) is 8.01. The minimum absolute atomic E-state index is 0.152. The predicted octanol–water partition coefficient (Wildman–Crippen LogP) is 2.26. The number of benzene rings is 2. The van der Waals surface area contributed by atoms with Gasteiger partial charge in [-0.1, -0.05) is 18.2 Å². The van der Waals surface area contributed by atoms with Crippen LogP contribution in [0.3, 0.4) is 0 Å². The summed E-state index contributed by atoms with van der Waals surface area (Å²) in [6.07, 6.45) is 0.181. The summed E-state index contributed by atoms with van der Waals surface area (Å²) >= 11 is 0. The van der Waals surface area contributed by atoms with E-state index in [1.807, 2.05) is 0 Å². The Bertz CT molecular complexity index is 725. The Labute approximate surface area is 140 Å². The molecular weight excluding hydrogens is 310 g/mol. The Morgan fingerprint density at radius 3 is 2.33 bits per heavy atom. The minimum Gasteiger partial charge on any atom is -0.497 e. The van der Waals surface area contributed by atoms with Crippen LogP contribution in [0.2, 0.25) is 0 Å². The van der Waals surface area contributed by atoms with E-state index in [9.17, 15) is 9.59 Å². The molecule has 2 aromatic carbocycles. The van der Waals surface area contributed by atoms with E-state index >= 15 is 0 Å². The molecule has 24 heavy (non-hydrogen) atoms. The van der Waals surface area contributed by atoms with Crippen molar-refractivity contribution in [2.75, 3.05) is 14.2 Å². The second-order valence-corrected chi connectivity index (χ2v) is 5.13. The summed E-state index contributed by atoms with van der Waals surface area (Å²) in [7, 11) is 3.11. The molecule has 0 aliphatic carbocycles. The smallest absolute Gasteiger partial charge is 0.335 e. The molecule has 0 heterocycles. The normalized spacial score (nSPS) is 10.1. The highest BCUT2D eigenvalue weighted by Gasteiger charge is 2.10. The van der Waals surface area contributed by atoms with E-state index in [2.05, 4.69) is 5.32 Å². The van der Waals surface area contributed by atoms with Gasteiger partial charge in [0.1, 0.15) is 11.5 Å². The zero-order chi connectivity index (χ0) is 17.5. The third-order valence-electron chi connectivity index (χ3n) is 3.54. The van der Waals surface area contributed by atoms with Crippen LogP contribution < -0.4 is 14.8 Å². The number of carbonyl (C=O) groups excluding carboxylic acids is 1. The molecule has 0 radical (unpaired) electrons. The maximum atomic E-state index is 12.1. The van der Waals surface area contributed by atoms with Crippen molar-refractivity contribution in [3.63, 3.8) is 0 Å². The predicted molar refractivity (Wildman–Crippen MR) is 88.5 cm³/mol. The van der Waals surface area contributed by atoms with Gasteiger partial charge in [-0.05, 0) is 23.8 Å². The zero-order valence-corrected chi connectivity index (χ0v) is 13.5. The van der Waals surface area contributed by atoms with E-state index in [4.69, 9.17) is 14.6 Å². The molecule has 0 saturated heterocycles. The molecule has 0 aliphatic rings. The Balaban J connectivity index is 1.94. The lowest BCUT2D eigenvalue weighted by molar-refractivity contribution is -0.120. The summed E-state index contributed by atoms with van der Waals surface area (Å²) in [4.78, 5) is 22.9. The summed E-state index contributed by atoms with van der Waals surface area (Å²) in [5, 5.41) is 11.7. The molecule has 0 unspecified atom stereocenters. The number of hydrogen-bond acceptors (Lipinski definition) is 4. The number of aromatic carboxylic acids is 1. The quantitative estimate of drug-likeness (QED) is 0.814. The van der Waals surface area contributed by atoms with Gasteiger partial charge in [-0.15, -0.1) is 0 Å². The van der Waals surface area contributed by atoms with Crippen molar-refractivity contribution in [1.82, 2.24) is 5.32 Å². The summed E-state index contributed by atoms with van der Waals surface area (Å²) in [5.74, 6) is 0.128. The van der Waals surface area contributed by atoms with Gasteiger partial charge >= 0.3 is 5.97 Å². The third kappa shape index (κ3) is 4.49. The van der Waals surface area contributed by atoms with Gasteiger partial charge in [0.05, 0.1) is 26.2 Å². The lowest BCUT2D eigenvalue weighted by Crippen LogP contribution is -2.24. The van der Waals surface area contributed by atoms with E-state index in [0.29, 0.717) is 18.0 Å². The van der Waals surface area contributed by atoms with E-state index in [1.54, 1.807) is 44.6 Å². The van der Waals surface area contributed by atoms with Crippen molar-refractivity contribution in [3.05, 3.63) is 59.2 Å². The van der Waals surface area contributed by atoms with Crippen LogP contribution >= 0.6 is 0 Å². The van der Waals surface area contributed by atoms with Crippen molar-refractivity contribution in [2.45, 2.75) is 13.0 Å². The Morgan fingerprint density at radius 2 is 1.75 bits per heavy atom. The fourth-order valence-corrected chi connectivity index (χ4v) is 2.20. The molecule has 0 bridgehead atoms. The van der Waals surface area contributed by atoms with Crippen LogP contribution in [-0.2, 0) is 17.8 Å². The molecule has 126 valence electrons. The molecule has 2 N–H and O–H groups in total. The van der Waals surface area contributed by atoms with Crippen LogP contribution in [0.25, 0.3) is 0 Å². The Kier molecular flexibility index (Phi) is 5.78. The number of carboxylic acids is 1. The number of hydrogen-bond donors (Lipinski definition) is 2. The summed E-state index contributed by atoms with van der Waals surface area (Å²) < 4.78 is 10.4. The fraction of sp³-hybridized carbons (Fsp3) is 0.222. The van der Waals surface area contributed by atoms with Crippen molar-refractivity contribution in [3.8, 4) is 11.5 Å². The van der Waals surface area contributed by atoms with Gasteiger partial charge in [-0.25, -0.2) is 4.79 Å². The molecule has 6 nitrogen and oxygen atoms in total. The van der Waals surface area contributed by atoms with Gasteiger partial charge in [0.25, 0.3) is 0 Å². The van der Waals surface area contributed by atoms with Crippen LogP contribution in [0, 0.1) is 0 Å². The van der Waals surface area contributed by atoms with Gasteiger partial charge in [0.2, 0.25) is 5.91 Å². The molecule has 1 amide bonds. The first kappa shape index (κ1) is 17.3. The van der Waals surface area contributed by atoms with Gasteiger partial charge in [0.15, 0.2) is 0 Å². The zero-order valence-electron chi connectivity index (χ0n) is 13.5. The number of carboxylic acid groups (broad SMARTS) is 1. The highest BCUT2D eigenvalue weighted by molar-refractivity contribution is 5.87. The molecule has 2 aromatic rings. The number of methoxy groups -OCH3 is 2. The van der Waals surface area contributed by atoms with Crippen molar-refractivity contribution < 1.29 is 24.2 Å². The molecule has 0 atom stereocenters. The van der Waals surface area contributed by atoms with Crippen molar-refractivity contribution >= 4 is 11.9 Å². The fourth-order valence-electron chi connectivity index (χ4n) is 2.20. The first-order valence-corrected chi connectivity index (χ1v) is 7.33. The SMILES string of the molecule is COc1ccc(CC(=O)NCc2ccc(C(=O)O)cc2)c(OC)c1. The van der Waals surface area contributed by atoms with Crippen molar-refractivity contribution in [2.24, 2.45) is 0 Å². The molecule has 0 fully saturated rings. The first-order valence-electron chi connectivity index (χ1n) is 7.33.